The summed E-state index contributed by atoms with van der Waals surface area (Å²) in [5.41, 5.74) is 1.26. The van der Waals surface area contributed by atoms with Gasteiger partial charge in [0.25, 0.3) is 0 Å². The third-order valence-corrected chi connectivity index (χ3v) is 2.95. The lowest BCUT2D eigenvalue weighted by molar-refractivity contribution is 0.588. The molecule has 88 valence electrons. The van der Waals surface area contributed by atoms with E-state index >= 15 is 0 Å². The molecule has 2 heterocycles. The van der Waals surface area contributed by atoms with Gasteiger partial charge in [-0.15, -0.1) is 0 Å². The monoisotopic (exact) mass is 219 g/mol. The molecule has 0 saturated carbocycles. The highest BCUT2D eigenvalue weighted by Gasteiger charge is 2.12. The second kappa shape index (κ2) is 5.30. The van der Waals surface area contributed by atoms with Crippen LogP contribution in [0.15, 0.2) is 18.3 Å². The number of nitrogens with one attached hydrogen (secondary N) is 1. The van der Waals surface area contributed by atoms with Crippen molar-refractivity contribution in [3.63, 3.8) is 0 Å². The number of anilines is 1. The second-order valence-corrected chi connectivity index (χ2v) is 4.75. The summed E-state index contributed by atoms with van der Waals surface area (Å²) in [5.74, 6) is 1.13. The largest absolute Gasteiger partial charge is 0.357 e. The number of rotatable bonds is 4. The first-order valence-electron chi connectivity index (χ1n) is 6.19. The molecule has 1 aliphatic rings. The summed E-state index contributed by atoms with van der Waals surface area (Å²) >= 11 is 0. The lowest BCUT2D eigenvalue weighted by Crippen LogP contribution is -2.22. The van der Waals surface area contributed by atoms with Crippen LogP contribution in [0.4, 0.5) is 5.82 Å². The Morgan fingerprint density at radius 2 is 2.06 bits per heavy atom. The Morgan fingerprint density at radius 1 is 1.31 bits per heavy atom. The minimum absolute atomic E-state index is 0.526. The van der Waals surface area contributed by atoms with Gasteiger partial charge in [0.15, 0.2) is 0 Å². The summed E-state index contributed by atoms with van der Waals surface area (Å²) in [7, 11) is 0. The fourth-order valence-corrected chi connectivity index (χ4v) is 1.98. The molecule has 0 bridgehead atoms. The van der Waals surface area contributed by atoms with Gasteiger partial charge in [-0.25, -0.2) is 4.98 Å². The van der Waals surface area contributed by atoms with Gasteiger partial charge in [-0.1, -0.05) is 19.9 Å². The van der Waals surface area contributed by atoms with Gasteiger partial charge < -0.3 is 10.2 Å². The van der Waals surface area contributed by atoms with E-state index in [2.05, 4.69) is 41.2 Å². The van der Waals surface area contributed by atoms with Gasteiger partial charge in [-0.2, -0.15) is 0 Å². The van der Waals surface area contributed by atoms with Gasteiger partial charge in [0, 0.05) is 31.9 Å². The van der Waals surface area contributed by atoms with Crippen LogP contribution in [0.2, 0.25) is 0 Å². The van der Waals surface area contributed by atoms with E-state index in [1.165, 1.54) is 18.4 Å². The molecular formula is C13H21N3. The third kappa shape index (κ3) is 2.95. The maximum absolute atomic E-state index is 4.52. The van der Waals surface area contributed by atoms with E-state index in [1.54, 1.807) is 0 Å². The highest BCUT2D eigenvalue weighted by Crippen LogP contribution is 2.17. The van der Waals surface area contributed by atoms with Crippen LogP contribution in [0, 0.1) is 0 Å². The maximum Gasteiger partial charge on any atom is 0.128 e. The van der Waals surface area contributed by atoms with Gasteiger partial charge in [0.1, 0.15) is 5.82 Å². The van der Waals surface area contributed by atoms with Crippen molar-refractivity contribution in [1.29, 1.82) is 0 Å². The molecule has 3 nitrogen and oxygen atoms in total. The van der Waals surface area contributed by atoms with Crippen molar-refractivity contribution in [3.05, 3.63) is 23.9 Å². The number of hydrogen-bond acceptors (Lipinski definition) is 3. The summed E-state index contributed by atoms with van der Waals surface area (Å²) < 4.78 is 0. The SMILES string of the molecule is CC(C)NCc1ccc(N2CCCC2)nc1. The Balaban J connectivity index is 1.93. The van der Waals surface area contributed by atoms with Crippen LogP contribution in [0.25, 0.3) is 0 Å². The standard InChI is InChI=1S/C13H21N3/c1-11(2)14-9-12-5-6-13(15-10-12)16-7-3-4-8-16/h5-6,10-11,14H,3-4,7-9H2,1-2H3. The van der Waals surface area contributed by atoms with Gasteiger partial charge in [-0.05, 0) is 24.5 Å². The van der Waals surface area contributed by atoms with Crippen LogP contribution in [0.3, 0.4) is 0 Å². The molecule has 0 radical (unpaired) electrons. The molecule has 0 spiro atoms. The number of aromatic nitrogens is 1. The minimum Gasteiger partial charge on any atom is -0.357 e. The van der Waals surface area contributed by atoms with Gasteiger partial charge in [-0.3, -0.25) is 0 Å². The fourth-order valence-electron chi connectivity index (χ4n) is 1.98. The summed E-state index contributed by atoms with van der Waals surface area (Å²) in [6.45, 7) is 7.55. The first kappa shape index (κ1) is 11.4. The van der Waals surface area contributed by atoms with Crippen molar-refractivity contribution < 1.29 is 0 Å². The molecule has 1 fully saturated rings. The van der Waals surface area contributed by atoms with Crippen LogP contribution in [-0.4, -0.2) is 24.1 Å². The van der Waals surface area contributed by atoms with Crippen LogP contribution >= 0.6 is 0 Å². The number of nitrogens with zero attached hydrogens (tertiary/aromatic N) is 2. The molecular weight excluding hydrogens is 198 g/mol. The van der Waals surface area contributed by atoms with Crippen LogP contribution in [0.1, 0.15) is 32.3 Å². The van der Waals surface area contributed by atoms with E-state index in [4.69, 9.17) is 0 Å². The first-order valence-corrected chi connectivity index (χ1v) is 6.19. The van der Waals surface area contributed by atoms with Gasteiger partial charge >= 0.3 is 0 Å². The molecule has 0 amide bonds. The maximum atomic E-state index is 4.52. The Morgan fingerprint density at radius 3 is 2.62 bits per heavy atom. The van der Waals surface area contributed by atoms with Crippen molar-refractivity contribution in [2.24, 2.45) is 0 Å². The Labute approximate surface area is 97.9 Å². The smallest absolute Gasteiger partial charge is 0.128 e. The predicted molar refractivity (Wildman–Crippen MR) is 67.7 cm³/mol. The Kier molecular flexibility index (Phi) is 3.78. The number of hydrogen-bond donors (Lipinski definition) is 1. The molecule has 1 aromatic heterocycles. The van der Waals surface area contributed by atoms with Gasteiger partial charge in [0.2, 0.25) is 0 Å². The molecule has 0 unspecified atom stereocenters. The van der Waals surface area contributed by atoms with Crippen LogP contribution in [-0.2, 0) is 6.54 Å². The highest BCUT2D eigenvalue weighted by atomic mass is 15.2. The molecule has 1 N–H and O–H groups in total. The first-order chi connectivity index (χ1) is 7.75. The molecule has 0 aliphatic carbocycles. The third-order valence-electron chi connectivity index (χ3n) is 2.95. The number of pyridine rings is 1. The molecule has 1 aliphatic heterocycles. The fraction of sp³-hybridized carbons (Fsp3) is 0.615. The van der Waals surface area contributed by atoms with Crippen molar-refractivity contribution in [2.75, 3.05) is 18.0 Å². The molecule has 16 heavy (non-hydrogen) atoms. The average molecular weight is 219 g/mol. The van der Waals surface area contributed by atoms with Gasteiger partial charge in [0.05, 0.1) is 0 Å². The molecule has 3 heteroatoms. The van der Waals surface area contributed by atoms with Crippen molar-refractivity contribution in [1.82, 2.24) is 10.3 Å². The Hall–Kier alpha value is -1.09. The summed E-state index contributed by atoms with van der Waals surface area (Å²) in [5, 5.41) is 3.40. The predicted octanol–water partition coefficient (Wildman–Crippen LogP) is 2.18. The van der Waals surface area contributed by atoms with E-state index in [1.807, 2.05) is 6.20 Å². The van der Waals surface area contributed by atoms with Crippen molar-refractivity contribution >= 4 is 5.82 Å². The molecule has 1 saturated heterocycles. The lowest BCUT2D eigenvalue weighted by Gasteiger charge is -2.16. The Bertz CT molecular complexity index is 312. The lowest BCUT2D eigenvalue weighted by atomic mass is 10.2. The van der Waals surface area contributed by atoms with Crippen LogP contribution < -0.4 is 10.2 Å². The topological polar surface area (TPSA) is 28.2 Å². The molecule has 2 rings (SSSR count). The second-order valence-electron chi connectivity index (χ2n) is 4.75. The summed E-state index contributed by atoms with van der Waals surface area (Å²) in [6.07, 6.45) is 4.60. The van der Waals surface area contributed by atoms with E-state index in [-0.39, 0.29) is 0 Å². The summed E-state index contributed by atoms with van der Waals surface area (Å²) in [4.78, 5) is 6.89. The highest BCUT2D eigenvalue weighted by molar-refractivity contribution is 5.40. The molecule has 0 atom stereocenters. The average Bonchev–Trinajstić information content (AvgIpc) is 2.80. The van der Waals surface area contributed by atoms with Crippen molar-refractivity contribution in [2.45, 2.75) is 39.3 Å². The minimum atomic E-state index is 0.526. The molecule has 1 aromatic rings. The van der Waals surface area contributed by atoms with E-state index in [9.17, 15) is 0 Å². The van der Waals surface area contributed by atoms with E-state index in [0.29, 0.717) is 6.04 Å². The van der Waals surface area contributed by atoms with E-state index in [0.717, 1.165) is 25.5 Å². The van der Waals surface area contributed by atoms with E-state index < -0.39 is 0 Å². The zero-order valence-electron chi connectivity index (χ0n) is 10.2. The van der Waals surface area contributed by atoms with Crippen LogP contribution in [0.5, 0.6) is 0 Å². The zero-order valence-corrected chi connectivity index (χ0v) is 10.2. The van der Waals surface area contributed by atoms with Crippen molar-refractivity contribution in [3.8, 4) is 0 Å². The zero-order chi connectivity index (χ0) is 11.4. The summed E-state index contributed by atoms with van der Waals surface area (Å²) in [6, 6.07) is 4.84. The quantitative estimate of drug-likeness (QED) is 0.841. The normalized spacial score (nSPS) is 16.1. The molecule has 0 aromatic carbocycles.